The third kappa shape index (κ3) is 3.38. The number of aryl methyl sites for hydroxylation is 1. The van der Waals surface area contributed by atoms with Crippen molar-refractivity contribution in [3.63, 3.8) is 0 Å². The number of fused-ring (bicyclic) bond motifs is 1. The number of likely N-dealkylation sites (N-methyl/N-ethyl adjacent to an activating group) is 1. The molecule has 0 bridgehead atoms. The molecule has 1 aliphatic heterocycles. The van der Waals surface area contributed by atoms with Gasteiger partial charge in [-0.05, 0) is 24.7 Å². The Morgan fingerprint density at radius 2 is 1.85 bits per heavy atom. The van der Waals surface area contributed by atoms with Crippen molar-refractivity contribution in [2.24, 2.45) is 7.05 Å². The number of hydrogen-bond donors (Lipinski definition) is 1. The van der Waals surface area contributed by atoms with Crippen LogP contribution in [0.1, 0.15) is 17.4 Å². The monoisotopic (exact) mass is 350 g/mol. The fourth-order valence-electron chi connectivity index (χ4n) is 3.83. The van der Waals surface area contributed by atoms with Gasteiger partial charge in [0.2, 0.25) is 0 Å². The maximum atomic E-state index is 6.11. The minimum absolute atomic E-state index is 0.130. The SMILES string of the molecule is CN1CCO[C@@H](CNCc2nc3ccccc3n2C)[C@@H]1c1ccccc1. The second kappa shape index (κ2) is 7.58. The lowest BCUT2D eigenvalue weighted by atomic mass is 9.98. The van der Waals surface area contributed by atoms with Crippen molar-refractivity contribution in [1.29, 1.82) is 0 Å². The van der Waals surface area contributed by atoms with E-state index in [1.807, 2.05) is 6.07 Å². The molecular weight excluding hydrogens is 324 g/mol. The van der Waals surface area contributed by atoms with Crippen LogP contribution < -0.4 is 5.32 Å². The van der Waals surface area contributed by atoms with Crippen molar-refractivity contribution < 1.29 is 4.74 Å². The van der Waals surface area contributed by atoms with Crippen LogP contribution in [0.4, 0.5) is 0 Å². The van der Waals surface area contributed by atoms with Gasteiger partial charge in [-0.15, -0.1) is 0 Å². The first-order valence-corrected chi connectivity index (χ1v) is 9.22. The van der Waals surface area contributed by atoms with Crippen LogP contribution in [0.2, 0.25) is 0 Å². The molecule has 1 fully saturated rings. The Hall–Kier alpha value is -2.21. The van der Waals surface area contributed by atoms with Gasteiger partial charge in [-0.25, -0.2) is 4.98 Å². The highest BCUT2D eigenvalue weighted by molar-refractivity contribution is 5.75. The number of aromatic nitrogens is 2. The zero-order chi connectivity index (χ0) is 17.9. The van der Waals surface area contributed by atoms with Crippen LogP contribution in [0.3, 0.4) is 0 Å². The Kier molecular flexibility index (Phi) is 5.02. The zero-order valence-corrected chi connectivity index (χ0v) is 15.4. The Morgan fingerprint density at radius 3 is 2.65 bits per heavy atom. The molecule has 0 unspecified atom stereocenters. The third-order valence-electron chi connectivity index (χ3n) is 5.25. The Morgan fingerprint density at radius 1 is 1.08 bits per heavy atom. The number of para-hydroxylation sites is 2. The summed E-state index contributed by atoms with van der Waals surface area (Å²) in [5.74, 6) is 1.05. The van der Waals surface area contributed by atoms with E-state index in [0.717, 1.165) is 37.6 Å². The standard InChI is InChI=1S/C21H26N4O/c1-24-12-13-26-19(21(24)16-8-4-3-5-9-16)14-22-15-20-23-17-10-6-7-11-18(17)25(20)2/h3-11,19,21-22H,12-15H2,1-2H3/t19-,21-/m0/s1. The molecule has 5 nitrogen and oxygen atoms in total. The molecule has 0 aliphatic carbocycles. The van der Waals surface area contributed by atoms with Gasteiger partial charge in [0.05, 0.1) is 36.3 Å². The molecule has 4 rings (SSSR count). The number of nitrogens with zero attached hydrogens (tertiary/aromatic N) is 3. The maximum absolute atomic E-state index is 6.11. The summed E-state index contributed by atoms with van der Waals surface area (Å²) < 4.78 is 8.27. The summed E-state index contributed by atoms with van der Waals surface area (Å²) >= 11 is 0. The fraction of sp³-hybridized carbons (Fsp3) is 0.381. The summed E-state index contributed by atoms with van der Waals surface area (Å²) in [6.45, 7) is 3.27. The molecule has 3 aromatic rings. The number of imidazole rings is 1. The summed E-state index contributed by atoms with van der Waals surface area (Å²) in [6.07, 6.45) is 0.130. The lowest BCUT2D eigenvalue weighted by molar-refractivity contribution is -0.0615. The molecule has 136 valence electrons. The molecule has 5 heteroatoms. The first kappa shape index (κ1) is 17.2. The minimum atomic E-state index is 0.130. The lowest BCUT2D eigenvalue weighted by Crippen LogP contribution is -2.47. The van der Waals surface area contributed by atoms with E-state index in [1.54, 1.807) is 0 Å². The third-order valence-corrected chi connectivity index (χ3v) is 5.25. The lowest BCUT2D eigenvalue weighted by Gasteiger charge is -2.39. The van der Waals surface area contributed by atoms with Gasteiger partial charge in [-0.3, -0.25) is 4.90 Å². The number of ether oxygens (including phenoxy) is 1. The predicted octanol–water partition coefficient (Wildman–Crippen LogP) is 2.73. The van der Waals surface area contributed by atoms with Crippen LogP contribution in [0.15, 0.2) is 54.6 Å². The Balaban J connectivity index is 1.44. The largest absolute Gasteiger partial charge is 0.374 e. The highest BCUT2D eigenvalue weighted by Crippen LogP contribution is 2.28. The molecule has 2 atom stereocenters. The molecule has 0 radical (unpaired) electrons. The second-order valence-corrected chi connectivity index (χ2v) is 6.95. The van der Waals surface area contributed by atoms with Gasteiger partial charge in [0.1, 0.15) is 5.82 Å². The van der Waals surface area contributed by atoms with E-state index < -0.39 is 0 Å². The first-order valence-electron chi connectivity index (χ1n) is 9.22. The van der Waals surface area contributed by atoms with Gasteiger partial charge < -0.3 is 14.6 Å². The van der Waals surface area contributed by atoms with Crippen molar-refractivity contribution in [1.82, 2.24) is 19.8 Å². The molecule has 1 aromatic heterocycles. The number of benzene rings is 2. The molecule has 26 heavy (non-hydrogen) atoms. The average molecular weight is 350 g/mol. The summed E-state index contributed by atoms with van der Waals surface area (Å²) in [6, 6.07) is 19.2. The Labute approximate surface area is 154 Å². The number of rotatable bonds is 5. The summed E-state index contributed by atoms with van der Waals surface area (Å²) in [4.78, 5) is 7.13. The topological polar surface area (TPSA) is 42.3 Å². The van der Waals surface area contributed by atoms with Gasteiger partial charge in [0.25, 0.3) is 0 Å². The summed E-state index contributed by atoms with van der Waals surface area (Å²) in [5.41, 5.74) is 3.52. The van der Waals surface area contributed by atoms with Crippen LogP contribution in [0.25, 0.3) is 11.0 Å². The van der Waals surface area contributed by atoms with E-state index in [1.165, 1.54) is 11.1 Å². The van der Waals surface area contributed by atoms with Crippen molar-refractivity contribution in [2.75, 3.05) is 26.7 Å². The molecule has 2 heterocycles. The number of morpholine rings is 1. The molecule has 1 saturated heterocycles. The van der Waals surface area contributed by atoms with Crippen LogP contribution in [0.5, 0.6) is 0 Å². The van der Waals surface area contributed by atoms with Gasteiger partial charge in [0.15, 0.2) is 0 Å². The molecule has 0 saturated carbocycles. The summed E-state index contributed by atoms with van der Waals surface area (Å²) in [7, 11) is 4.25. The van der Waals surface area contributed by atoms with Gasteiger partial charge >= 0.3 is 0 Å². The van der Waals surface area contributed by atoms with Crippen molar-refractivity contribution in [3.05, 3.63) is 66.0 Å². The van der Waals surface area contributed by atoms with E-state index in [4.69, 9.17) is 9.72 Å². The highest BCUT2D eigenvalue weighted by Gasteiger charge is 2.31. The minimum Gasteiger partial charge on any atom is -0.374 e. The molecular formula is C21H26N4O. The molecule has 0 spiro atoms. The van der Waals surface area contributed by atoms with Gasteiger partial charge in [-0.2, -0.15) is 0 Å². The normalized spacial score (nSPS) is 21.3. The van der Waals surface area contributed by atoms with Crippen LogP contribution >= 0.6 is 0 Å². The van der Waals surface area contributed by atoms with E-state index in [-0.39, 0.29) is 12.1 Å². The predicted molar refractivity (Wildman–Crippen MR) is 104 cm³/mol. The number of hydrogen-bond acceptors (Lipinski definition) is 4. The Bertz CT molecular complexity index is 861. The smallest absolute Gasteiger partial charge is 0.123 e. The molecule has 0 amide bonds. The van der Waals surface area contributed by atoms with Gasteiger partial charge in [0, 0.05) is 20.1 Å². The zero-order valence-electron chi connectivity index (χ0n) is 15.4. The van der Waals surface area contributed by atoms with E-state index in [0.29, 0.717) is 0 Å². The van der Waals surface area contributed by atoms with Crippen molar-refractivity contribution in [2.45, 2.75) is 18.7 Å². The van der Waals surface area contributed by atoms with Crippen molar-refractivity contribution in [3.8, 4) is 0 Å². The molecule has 1 N–H and O–H groups in total. The highest BCUT2D eigenvalue weighted by atomic mass is 16.5. The fourth-order valence-corrected chi connectivity index (χ4v) is 3.83. The number of nitrogens with one attached hydrogen (secondary N) is 1. The summed E-state index contributed by atoms with van der Waals surface area (Å²) in [5, 5.41) is 3.56. The van der Waals surface area contributed by atoms with Gasteiger partial charge in [-0.1, -0.05) is 42.5 Å². The van der Waals surface area contributed by atoms with Crippen LogP contribution in [-0.4, -0.2) is 47.3 Å². The van der Waals surface area contributed by atoms with Crippen LogP contribution in [-0.2, 0) is 18.3 Å². The maximum Gasteiger partial charge on any atom is 0.123 e. The van der Waals surface area contributed by atoms with Crippen molar-refractivity contribution >= 4 is 11.0 Å². The first-order chi connectivity index (χ1) is 12.7. The van der Waals surface area contributed by atoms with E-state index in [2.05, 4.69) is 77.4 Å². The van der Waals surface area contributed by atoms with E-state index >= 15 is 0 Å². The molecule has 1 aliphatic rings. The van der Waals surface area contributed by atoms with E-state index in [9.17, 15) is 0 Å². The average Bonchev–Trinajstić information content (AvgIpc) is 2.99. The quantitative estimate of drug-likeness (QED) is 0.768. The van der Waals surface area contributed by atoms with Crippen LogP contribution in [0, 0.1) is 0 Å². The second-order valence-electron chi connectivity index (χ2n) is 6.95. The molecule has 2 aromatic carbocycles.